The van der Waals surface area contributed by atoms with Crippen LogP contribution in [0.4, 0.5) is 0 Å². The van der Waals surface area contributed by atoms with Gasteiger partial charge in [0.2, 0.25) is 5.91 Å². The van der Waals surface area contributed by atoms with Crippen molar-refractivity contribution >= 4 is 5.91 Å². The zero-order chi connectivity index (χ0) is 10.6. The van der Waals surface area contributed by atoms with Gasteiger partial charge in [0, 0.05) is 12.1 Å². The van der Waals surface area contributed by atoms with E-state index in [-0.39, 0.29) is 6.10 Å². The maximum absolute atomic E-state index is 10.9. The molecular weight excluding hydrogens is 180 g/mol. The number of benzene rings is 1. The Bertz CT molecular complexity index is 326. The maximum Gasteiger partial charge on any atom is 0.248 e. The van der Waals surface area contributed by atoms with Crippen LogP contribution in [0.5, 0.6) is 5.75 Å². The summed E-state index contributed by atoms with van der Waals surface area (Å²) in [6.45, 7) is 2.29. The fourth-order valence-corrected chi connectivity index (χ4v) is 1.00. The summed E-state index contributed by atoms with van der Waals surface area (Å²) in [6, 6.07) is 6.73. The van der Waals surface area contributed by atoms with Gasteiger partial charge in [-0.3, -0.25) is 4.79 Å². The number of hydrogen-bond acceptors (Lipinski definition) is 3. The lowest BCUT2D eigenvalue weighted by molar-refractivity contribution is 0.0999. The molecule has 4 nitrogen and oxygen atoms in total. The van der Waals surface area contributed by atoms with Crippen molar-refractivity contribution in [2.45, 2.75) is 13.0 Å². The molecule has 0 radical (unpaired) electrons. The highest BCUT2D eigenvalue weighted by atomic mass is 16.5. The Hall–Kier alpha value is -1.55. The van der Waals surface area contributed by atoms with Gasteiger partial charge >= 0.3 is 0 Å². The van der Waals surface area contributed by atoms with Crippen LogP contribution in [0, 0.1) is 0 Å². The minimum Gasteiger partial charge on any atom is -0.489 e. The van der Waals surface area contributed by atoms with Crippen LogP contribution >= 0.6 is 0 Å². The van der Waals surface area contributed by atoms with E-state index in [4.69, 9.17) is 16.2 Å². The van der Waals surface area contributed by atoms with E-state index in [9.17, 15) is 4.79 Å². The smallest absolute Gasteiger partial charge is 0.248 e. The van der Waals surface area contributed by atoms with E-state index in [0.717, 1.165) is 0 Å². The molecule has 4 heteroatoms. The second-order valence-electron chi connectivity index (χ2n) is 3.06. The Morgan fingerprint density at radius 1 is 1.57 bits per heavy atom. The molecule has 1 atom stereocenters. The Balaban J connectivity index is 2.78. The molecule has 0 fully saturated rings. The molecule has 0 saturated carbocycles. The predicted octanol–water partition coefficient (Wildman–Crippen LogP) is 0.512. The van der Waals surface area contributed by atoms with Crippen LogP contribution in [0.1, 0.15) is 17.3 Å². The molecule has 1 rings (SSSR count). The lowest BCUT2D eigenvalue weighted by atomic mass is 10.2. The van der Waals surface area contributed by atoms with Crippen molar-refractivity contribution in [3.63, 3.8) is 0 Å². The third-order valence-corrected chi connectivity index (χ3v) is 1.79. The summed E-state index contributed by atoms with van der Waals surface area (Å²) < 4.78 is 5.42. The van der Waals surface area contributed by atoms with Crippen molar-refractivity contribution in [2.75, 3.05) is 6.54 Å². The Labute approximate surface area is 82.8 Å². The van der Waals surface area contributed by atoms with Crippen LogP contribution in [0.15, 0.2) is 24.3 Å². The normalized spacial score (nSPS) is 12.1. The van der Waals surface area contributed by atoms with E-state index < -0.39 is 5.91 Å². The second-order valence-corrected chi connectivity index (χ2v) is 3.06. The molecule has 76 valence electrons. The molecule has 0 aliphatic heterocycles. The Morgan fingerprint density at radius 2 is 2.29 bits per heavy atom. The number of nitrogens with two attached hydrogens (primary N) is 2. The van der Waals surface area contributed by atoms with Gasteiger partial charge in [-0.1, -0.05) is 6.07 Å². The fourth-order valence-electron chi connectivity index (χ4n) is 1.00. The number of hydrogen-bond donors (Lipinski definition) is 2. The van der Waals surface area contributed by atoms with Gasteiger partial charge in [0.15, 0.2) is 0 Å². The molecule has 0 saturated heterocycles. The second kappa shape index (κ2) is 4.62. The first kappa shape index (κ1) is 10.5. The third-order valence-electron chi connectivity index (χ3n) is 1.79. The van der Waals surface area contributed by atoms with E-state index >= 15 is 0 Å². The summed E-state index contributed by atoms with van der Waals surface area (Å²) in [7, 11) is 0. The highest BCUT2D eigenvalue weighted by Gasteiger charge is 2.04. The van der Waals surface area contributed by atoms with Gasteiger partial charge in [-0.15, -0.1) is 0 Å². The number of carbonyl (C=O) groups is 1. The van der Waals surface area contributed by atoms with Crippen molar-refractivity contribution < 1.29 is 9.53 Å². The number of rotatable bonds is 4. The topological polar surface area (TPSA) is 78.3 Å². The van der Waals surface area contributed by atoms with Crippen molar-refractivity contribution in [1.82, 2.24) is 0 Å². The molecule has 4 N–H and O–H groups in total. The highest BCUT2D eigenvalue weighted by Crippen LogP contribution is 2.14. The molecule has 0 bridgehead atoms. The number of amides is 1. The van der Waals surface area contributed by atoms with Crippen LogP contribution in [0.3, 0.4) is 0 Å². The first-order valence-electron chi connectivity index (χ1n) is 4.40. The van der Waals surface area contributed by atoms with Crippen molar-refractivity contribution in [3.8, 4) is 5.75 Å². The largest absolute Gasteiger partial charge is 0.489 e. The summed E-state index contributed by atoms with van der Waals surface area (Å²) in [6.07, 6.45) is -0.0712. The molecule has 14 heavy (non-hydrogen) atoms. The molecule has 0 heterocycles. The standard InChI is InChI=1S/C10H14N2O2/c1-7(6-11)14-9-4-2-3-8(5-9)10(12)13/h2-5,7H,6,11H2,1H3,(H2,12,13). The van der Waals surface area contributed by atoms with Crippen LogP contribution in [-0.2, 0) is 0 Å². The molecule has 0 aromatic heterocycles. The van der Waals surface area contributed by atoms with Gasteiger partial charge in [-0.05, 0) is 25.1 Å². The van der Waals surface area contributed by atoms with Gasteiger partial charge in [0.05, 0.1) is 0 Å². The van der Waals surface area contributed by atoms with E-state index in [1.54, 1.807) is 24.3 Å². The summed E-state index contributed by atoms with van der Waals surface area (Å²) in [5, 5.41) is 0. The predicted molar refractivity (Wildman–Crippen MR) is 54.1 cm³/mol. The van der Waals surface area contributed by atoms with Crippen molar-refractivity contribution in [3.05, 3.63) is 29.8 Å². The van der Waals surface area contributed by atoms with Gasteiger partial charge in [-0.2, -0.15) is 0 Å². The zero-order valence-corrected chi connectivity index (χ0v) is 8.07. The Morgan fingerprint density at radius 3 is 2.86 bits per heavy atom. The van der Waals surface area contributed by atoms with E-state index in [1.165, 1.54) is 0 Å². The fraction of sp³-hybridized carbons (Fsp3) is 0.300. The van der Waals surface area contributed by atoms with Crippen LogP contribution < -0.4 is 16.2 Å². The molecule has 0 spiro atoms. The van der Waals surface area contributed by atoms with Crippen molar-refractivity contribution in [2.24, 2.45) is 11.5 Å². The van der Waals surface area contributed by atoms with Crippen LogP contribution in [0.25, 0.3) is 0 Å². The lowest BCUT2D eigenvalue weighted by Gasteiger charge is -2.12. The minimum atomic E-state index is -0.462. The minimum absolute atomic E-state index is 0.0712. The van der Waals surface area contributed by atoms with Gasteiger partial charge in [0.1, 0.15) is 11.9 Å². The van der Waals surface area contributed by atoms with E-state index in [1.807, 2.05) is 6.92 Å². The monoisotopic (exact) mass is 194 g/mol. The first-order chi connectivity index (χ1) is 6.63. The Kier molecular flexibility index (Phi) is 3.48. The molecule has 1 unspecified atom stereocenters. The van der Waals surface area contributed by atoms with Crippen LogP contribution in [-0.4, -0.2) is 18.6 Å². The lowest BCUT2D eigenvalue weighted by Crippen LogP contribution is -2.23. The number of carbonyl (C=O) groups excluding carboxylic acids is 1. The SMILES string of the molecule is CC(CN)Oc1cccc(C(N)=O)c1. The number of primary amides is 1. The van der Waals surface area contributed by atoms with E-state index in [2.05, 4.69) is 0 Å². The van der Waals surface area contributed by atoms with Crippen LogP contribution in [0.2, 0.25) is 0 Å². The molecule has 0 aliphatic carbocycles. The maximum atomic E-state index is 10.9. The zero-order valence-electron chi connectivity index (χ0n) is 8.07. The summed E-state index contributed by atoms with van der Waals surface area (Å²) in [5.74, 6) is 0.148. The molecule has 1 aromatic carbocycles. The quantitative estimate of drug-likeness (QED) is 0.733. The summed E-state index contributed by atoms with van der Waals surface area (Å²) in [4.78, 5) is 10.9. The third kappa shape index (κ3) is 2.74. The summed E-state index contributed by atoms with van der Waals surface area (Å²) >= 11 is 0. The average Bonchev–Trinajstić information content (AvgIpc) is 2.18. The average molecular weight is 194 g/mol. The first-order valence-corrected chi connectivity index (χ1v) is 4.40. The molecular formula is C10H14N2O2. The molecule has 1 amide bonds. The van der Waals surface area contributed by atoms with Gasteiger partial charge < -0.3 is 16.2 Å². The van der Waals surface area contributed by atoms with Crippen molar-refractivity contribution in [1.29, 1.82) is 0 Å². The summed E-state index contributed by atoms with van der Waals surface area (Å²) in [5.41, 5.74) is 11.0. The van der Waals surface area contributed by atoms with Gasteiger partial charge in [0.25, 0.3) is 0 Å². The molecule has 0 aliphatic rings. The highest BCUT2D eigenvalue weighted by molar-refractivity contribution is 5.93. The van der Waals surface area contributed by atoms with Gasteiger partial charge in [-0.25, -0.2) is 0 Å². The number of ether oxygens (including phenoxy) is 1. The van der Waals surface area contributed by atoms with E-state index in [0.29, 0.717) is 17.9 Å². The molecule has 1 aromatic rings.